The number of nitrogens with one attached hydrogen (secondary N) is 13. The molecule has 0 saturated carbocycles. The third-order valence-corrected chi connectivity index (χ3v) is 23.6. The molecule has 3 saturated heterocycles. The van der Waals surface area contributed by atoms with E-state index in [1.165, 1.54) is 55.2 Å². The second kappa shape index (κ2) is 48.2. The number of imidazole rings is 1. The minimum atomic E-state index is -1.76. The van der Waals surface area contributed by atoms with Crippen LogP contribution in [0.5, 0.6) is 0 Å². The number of hydrogen-bond donors (Lipinski definition) is 17. The number of aromatic nitrogens is 3. The van der Waals surface area contributed by atoms with E-state index in [1.807, 2.05) is 13.8 Å². The number of aromatic amines is 2. The minimum Gasteiger partial charge on any atom is -0.394 e. The van der Waals surface area contributed by atoms with E-state index in [1.54, 1.807) is 86.9 Å². The molecule has 690 valence electrons. The van der Waals surface area contributed by atoms with Crippen LogP contribution in [0, 0.1) is 17.2 Å². The normalized spacial score (nSPS) is 24.8. The SMILES string of the molecule is CCCC[C@H]1C(=O)N[C@@H](CCCNC(=N)N)C(=O)N[C@H](C(=O)NCC(N)=O)CSCC(=O)N[C@@H](Cc2ccccc2)C(=O)N(C)[C@@H](C)C(=O)N[C@@H](CC(N)=O)C(=O)N2CCC[C@H]2C(=O)N[C@@H](Cc2cnc[nH]2)C(=O)N[C@@H](CC(C)C)C(=O)N(C)CC(=O)C[C@@H](Cc2c[nH]c3ccccc23)C(=O)N[C@@H](CO)C(=O)N[C@H]2CC3=CCC=[N+]3N(C2=O)[C@@H](CCCC)C(=O)N1C. The zero-order valence-corrected chi connectivity index (χ0v) is 73.8. The highest BCUT2D eigenvalue weighted by molar-refractivity contribution is 8.00. The maximum absolute atomic E-state index is 15.6. The summed E-state index contributed by atoms with van der Waals surface area (Å²) in [6.07, 6.45) is 8.05. The number of likely N-dealkylation sites (N-methyl/N-ethyl adjacent to an activating group) is 3. The minimum absolute atomic E-state index is 0.00349. The molecule has 20 N–H and O–H groups in total. The van der Waals surface area contributed by atoms with Gasteiger partial charge in [0, 0.05) is 94.2 Å². The smallest absolute Gasteiger partial charge is 0.301 e. The molecule has 4 aromatic rings. The van der Waals surface area contributed by atoms with E-state index in [4.69, 9.17) is 22.6 Å². The predicted molar refractivity (Wildman–Crippen MR) is 467 cm³/mol. The largest absolute Gasteiger partial charge is 0.394 e. The first kappa shape index (κ1) is 99.8. The number of hydrazone groups is 1. The molecule has 6 heterocycles. The average Bonchev–Trinajstić information content (AvgIpc) is 1.73. The number of nitrogens with zero attached hydrogens (tertiary/aromatic N) is 7. The zero-order valence-electron chi connectivity index (χ0n) is 73.0. The molecule has 127 heavy (non-hydrogen) atoms. The summed E-state index contributed by atoms with van der Waals surface area (Å²) in [6, 6.07) is -2.16. The van der Waals surface area contributed by atoms with Crippen molar-refractivity contribution < 1.29 is 91.3 Å². The van der Waals surface area contributed by atoms with Crippen LogP contribution in [0.15, 0.2) is 85.1 Å². The van der Waals surface area contributed by atoms with Gasteiger partial charge in [-0.25, -0.2) is 4.98 Å². The molecule has 41 nitrogen and oxygen atoms in total. The molecule has 16 amide bonds. The maximum Gasteiger partial charge on any atom is 0.301 e. The molecule has 0 aliphatic carbocycles. The van der Waals surface area contributed by atoms with E-state index < -0.39 is 229 Å². The van der Waals surface area contributed by atoms with E-state index in [0.717, 1.165) is 26.5 Å². The lowest BCUT2D eigenvalue weighted by atomic mass is 9.92. The number of nitrogens with two attached hydrogens (primary N) is 3. The summed E-state index contributed by atoms with van der Waals surface area (Å²) in [5, 5.41) is 47.2. The number of hydrogen-bond acceptors (Lipinski definition) is 21. The second-order valence-corrected chi connectivity index (χ2v) is 33.8. The Hall–Kier alpha value is -12.6. The van der Waals surface area contributed by atoms with Crippen LogP contribution >= 0.6 is 11.8 Å². The van der Waals surface area contributed by atoms with Gasteiger partial charge in [0.25, 0.3) is 5.91 Å². The van der Waals surface area contributed by atoms with Gasteiger partial charge in [0.05, 0.1) is 51.0 Å². The summed E-state index contributed by atoms with van der Waals surface area (Å²) in [5.41, 5.74) is 19.4. The molecule has 0 unspecified atom stereocenters. The molecule has 2 aromatic heterocycles. The van der Waals surface area contributed by atoms with Crippen molar-refractivity contribution in [3.63, 3.8) is 0 Å². The summed E-state index contributed by atoms with van der Waals surface area (Å²) >= 11 is 0.800. The number of amides is 16. The highest BCUT2D eigenvalue weighted by atomic mass is 32.2. The van der Waals surface area contributed by atoms with Gasteiger partial charge >= 0.3 is 5.91 Å². The Morgan fingerprint density at radius 3 is 1.98 bits per heavy atom. The number of carbonyl (C=O) groups excluding carboxylic acids is 17. The topological polar surface area (TPSA) is 596 Å². The first-order valence-electron chi connectivity index (χ1n) is 42.9. The number of allylic oxidation sites excluding steroid dienone is 1. The Labute approximate surface area is 740 Å². The number of Topliss-reactive ketones (excluding diaryl/α,β-unsaturated/α-hetero) is 1. The number of guanidine groups is 1. The van der Waals surface area contributed by atoms with Crippen LogP contribution in [0.1, 0.15) is 148 Å². The Morgan fingerprint density at radius 2 is 1.31 bits per heavy atom. The number of carbonyl (C=O) groups is 17. The third kappa shape index (κ3) is 28.4. The van der Waals surface area contributed by atoms with Crippen LogP contribution in [-0.4, -0.2) is 300 Å². The fourth-order valence-electron chi connectivity index (χ4n) is 15.7. The number of unbranched alkanes of at least 4 members (excludes halogenated alkanes) is 2. The van der Waals surface area contributed by atoms with Gasteiger partial charge in [0.2, 0.25) is 88.4 Å². The predicted octanol–water partition coefficient (Wildman–Crippen LogP) is -2.71. The third-order valence-electron chi connectivity index (χ3n) is 22.6. The summed E-state index contributed by atoms with van der Waals surface area (Å²) in [5.74, 6) is -17.7. The number of para-hydroxylation sites is 1. The van der Waals surface area contributed by atoms with Crippen LogP contribution in [0.4, 0.5) is 0 Å². The van der Waals surface area contributed by atoms with Crippen molar-refractivity contribution in [2.75, 3.05) is 65.4 Å². The quantitative estimate of drug-likeness (QED) is 0.0147. The van der Waals surface area contributed by atoms with Crippen molar-refractivity contribution >= 4 is 135 Å². The molecule has 2 aromatic carbocycles. The second-order valence-electron chi connectivity index (χ2n) is 32.8. The summed E-state index contributed by atoms with van der Waals surface area (Å²) < 4.78 is 1.52. The standard InChI is InChI=1S/C85H121N23O18S/c1-9-11-27-66-78(120)96-58(26-18-30-91-85(88)89)75(117)102-65(74(116)93-42-70(87)112)45-127-46-71(113)95-61(34-50-21-14-13-15-22-50)81(123)104(7)49(5)72(114)98-63(39-69(86)111)82(124)106-31-20-29-67(106)79(121)97-59(37-53-41-90-47-94-53)76(118)99-60(33-48(3)4)80(122)103(6)43-55(110)36-51(35-52-40-92-57-25-17-16-24-56(52)57)73(115)101-64(44-109)77(119)100-62-38-54-23-19-32-107(54)108(83(62)125)68(28-12-10-2)84(126)105(66)8/h13-17,21-25,32,40-41,47-49,51,58-68,92,109H,9-12,18-20,26-31,33-39,42-46H2,1-8H3,(H17-,86,87,88,89,90,91,93,94,95,96,97,98,99,100,101,102,111,112,113,114,115,116,117,118,119,120,121)/p+1/t49-,51+,58-,59-,60-,61-,62-,63-,64-,65-,66-,67-,68-/m0/s1. The van der Waals surface area contributed by atoms with Gasteiger partial charge in [0.1, 0.15) is 66.5 Å². The average molecular weight is 1790 g/mol. The van der Waals surface area contributed by atoms with Gasteiger partial charge in [-0.2, -0.15) is 0 Å². The molecule has 13 atom stereocenters. The van der Waals surface area contributed by atoms with E-state index in [9.17, 15) is 72.2 Å². The first-order chi connectivity index (χ1) is 60.5. The summed E-state index contributed by atoms with van der Waals surface area (Å²) in [6.45, 7) is 6.18. The highest BCUT2D eigenvalue weighted by Gasteiger charge is 2.51. The molecule has 8 rings (SSSR count). The van der Waals surface area contributed by atoms with Crippen molar-refractivity contribution in [2.24, 2.45) is 29.0 Å². The molecule has 0 radical (unpaired) electrons. The molecule has 0 spiro atoms. The fourth-order valence-corrected chi connectivity index (χ4v) is 16.5. The van der Waals surface area contributed by atoms with E-state index in [-0.39, 0.29) is 96.1 Å². The van der Waals surface area contributed by atoms with Crippen LogP contribution in [-0.2, 0) is 101 Å². The number of aliphatic hydroxyl groups excluding tert-OH is 1. The molecular formula is C85H122N23O18S+. The van der Waals surface area contributed by atoms with Crippen LogP contribution in [0.3, 0.4) is 0 Å². The van der Waals surface area contributed by atoms with E-state index in [2.05, 4.69) is 68.1 Å². The number of aliphatic hydroxyl groups is 1. The zero-order chi connectivity index (χ0) is 92.9. The molecule has 3 fully saturated rings. The Morgan fingerprint density at radius 1 is 0.646 bits per heavy atom. The monoisotopic (exact) mass is 1780 g/mol. The molecule has 4 aliphatic heterocycles. The molecule has 42 heteroatoms. The number of primary amides is 2. The van der Waals surface area contributed by atoms with Crippen LogP contribution in [0.25, 0.3) is 10.9 Å². The number of benzene rings is 2. The number of fused-ring (bicyclic) bond motifs is 6. The Bertz CT molecular complexity index is 4700. The van der Waals surface area contributed by atoms with Gasteiger partial charge < -0.3 is 105 Å². The molecule has 2 bridgehead atoms. The van der Waals surface area contributed by atoms with Gasteiger partial charge in [-0.1, -0.05) is 112 Å². The number of H-pyrrole nitrogens is 2. The fraction of sp³-hybridized carbons (Fsp3) is 0.553. The Balaban J connectivity index is 1.16. The lowest BCUT2D eigenvalue weighted by Gasteiger charge is -2.37. The van der Waals surface area contributed by atoms with Crippen molar-refractivity contribution in [1.29, 1.82) is 5.41 Å². The lowest BCUT2D eigenvalue weighted by molar-refractivity contribution is -0.638. The summed E-state index contributed by atoms with van der Waals surface area (Å²) in [7, 11) is 3.95. The summed E-state index contributed by atoms with van der Waals surface area (Å²) in [4.78, 5) is 262. The number of thioether (sulfide) groups is 1. The van der Waals surface area contributed by atoms with Gasteiger partial charge in [0.15, 0.2) is 24.0 Å². The van der Waals surface area contributed by atoms with Crippen LogP contribution < -0.4 is 70.4 Å². The van der Waals surface area contributed by atoms with Crippen molar-refractivity contribution in [2.45, 2.75) is 223 Å². The number of ketones is 1. The highest BCUT2D eigenvalue weighted by Crippen LogP contribution is 2.30. The van der Waals surface area contributed by atoms with Crippen molar-refractivity contribution in [3.05, 3.63) is 102 Å². The van der Waals surface area contributed by atoms with Gasteiger partial charge in [-0.3, -0.25) is 86.9 Å². The van der Waals surface area contributed by atoms with Gasteiger partial charge in [-0.05, 0) is 87.5 Å². The first-order valence-corrected chi connectivity index (χ1v) is 44.0. The van der Waals surface area contributed by atoms with E-state index >= 15 is 14.4 Å². The van der Waals surface area contributed by atoms with Crippen LogP contribution in [0.2, 0.25) is 0 Å². The maximum atomic E-state index is 15.6. The Kier molecular flexibility index (Phi) is 37.9. The number of rotatable bonds is 24. The van der Waals surface area contributed by atoms with Crippen molar-refractivity contribution in [1.82, 2.24) is 92.7 Å². The van der Waals surface area contributed by atoms with Crippen molar-refractivity contribution in [3.8, 4) is 0 Å². The molecule has 4 aliphatic rings. The van der Waals surface area contributed by atoms with Gasteiger partial charge in [-0.15, -0.1) is 11.8 Å². The lowest BCUT2D eigenvalue weighted by Crippen LogP contribution is -2.64. The number of hydrazine groups is 1. The molecular weight excluding hydrogens is 1660 g/mol. The van der Waals surface area contributed by atoms with E-state index in [0.29, 0.717) is 59.1 Å².